The van der Waals surface area contributed by atoms with Crippen molar-refractivity contribution in [3.63, 3.8) is 0 Å². The van der Waals surface area contributed by atoms with Crippen LogP contribution in [0.4, 0.5) is 0 Å². The van der Waals surface area contributed by atoms with Gasteiger partial charge in [0.15, 0.2) is 6.10 Å². The summed E-state index contributed by atoms with van der Waals surface area (Å²) < 4.78 is 17.2. The number of unbranched alkanes of at least 4 members (excludes halogenated alkanes) is 19. The molecule has 0 aromatic carbocycles. The molecule has 0 radical (unpaired) electrons. The van der Waals surface area contributed by atoms with E-state index < -0.39 is 18.1 Å². The van der Waals surface area contributed by atoms with E-state index in [0.29, 0.717) is 12.8 Å². The van der Waals surface area contributed by atoms with Crippen LogP contribution in [0.15, 0.2) is 60.8 Å². The highest BCUT2D eigenvalue weighted by Crippen LogP contribution is 2.14. The first kappa shape index (κ1) is 57.0. The predicted molar refractivity (Wildman–Crippen MR) is 249 cm³/mol. The van der Waals surface area contributed by atoms with Crippen molar-refractivity contribution in [2.45, 2.75) is 212 Å². The fourth-order valence-electron chi connectivity index (χ4n) is 6.88. The molecule has 0 saturated heterocycles. The van der Waals surface area contributed by atoms with Crippen molar-refractivity contribution in [1.29, 1.82) is 0 Å². The third-order valence-electron chi connectivity index (χ3n) is 10.6. The molecule has 0 N–H and O–H groups in total. The highest BCUT2D eigenvalue weighted by atomic mass is 16.6. The Morgan fingerprint density at radius 3 is 1.42 bits per heavy atom. The van der Waals surface area contributed by atoms with E-state index in [1.54, 1.807) is 21.1 Å². The van der Waals surface area contributed by atoms with E-state index in [4.69, 9.17) is 14.2 Å². The first-order valence-electron chi connectivity index (χ1n) is 24.3. The summed E-state index contributed by atoms with van der Waals surface area (Å²) in [5.74, 6) is -1.78. The molecule has 60 heavy (non-hydrogen) atoms. The maximum Gasteiger partial charge on any atom is 0.306 e. The van der Waals surface area contributed by atoms with E-state index in [9.17, 15) is 19.5 Å². The average Bonchev–Trinajstić information content (AvgIpc) is 3.21. The van der Waals surface area contributed by atoms with Gasteiger partial charge in [-0.3, -0.25) is 9.59 Å². The van der Waals surface area contributed by atoms with Crippen LogP contribution in [0.5, 0.6) is 0 Å². The molecule has 0 heterocycles. The SMILES string of the molecule is CC/C=C/C/C=C/C/C=C/C/C=C/CCCCCC(=O)OC(COCCC(C(=O)[O-])[N+](C)(C)C)COC(=O)CCCCCCCCC/C=C/CCCCCCCCCCC. The zero-order chi connectivity index (χ0) is 44.2. The first-order valence-corrected chi connectivity index (χ1v) is 24.3. The summed E-state index contributed by atoms with van der Waals surface area (Å²) in [6.45, 7) is 4.52. The number of nitrogens with zero attached hydrogens (tertiary/aromatic N) is 1. The summed E-state index contributed by atoms with van der Waals surface area (Å²) >= 11 is 0. The van der Waals surface area contributed by atoms with Crippen molar-refractivity contribution in [1.82, 2.24) is 0 Å². The summed E-state index contributed by atoms with van der Waals surface area (Å²) in [5.41, 5.74) is 0. The number of aliphatic carboxylic acids is 1. The Morgan fingerprint density at radius 2 is 0.933 bits per heavy atom. The molecule has 0 rings (SSSR count). The van der Waals surface area contributed by atoms with Crippen LogP contribution in [0.3, 0.4) is 0 Å². The Bertz CT molecular complexity index is 1170. The minimum atomic E-state index is -1.13. The zero-order valence-electron chi connectivity index (χ0n) is 39.4. The normalized spacial score (nSPS) is 13.4. The van der Waals surface area contributed by atoms with Gasteiger partial charge < -0.3 is 28.6 Å². The van der Waals surface area contributed by atoms with Gasteiger partial charge in [0.2, 0.25) is 0 Å². The van der Waals surface area contributed by atoms with Crippen molar-refractivity contribution in [2.24, 2.45) is 0 Å². The predicted octanol–water partition coefficient (Wildman–Crippen LogP) is 12.4. The lowest BCUT2D eigenvalue weighted by molar-refractivity contribution is -0.889. The van der Waals surface area contributed by atoms with Gasteiger partial charge in [0, 0.05) is 19.3 Å². The van der Waals surface area contributed by atoms with Crippen LogP contribution in [0, 0.1) is 0 Å². The molecule has 2 atom stereocenters. The number of esters is 2. The Morgan fingerprint density at radius 1 is 0.517 bits per heavy atom. The van der Waals surface area contributed by atoms with E-state index in [2.05, 4.69) is 74.6 Å². The number of carbonyl (C=O) groups excluding carboxylic acids is 3. The zero-order valence-corrected chi connectivity index (χ0v) is 39.4. The maximum atomic E-state index is 12.7. The minimum absolute atomic E-state index is 0.0247. The number of carbonyl (C=O) groups is 3. The third-order valence-corrected chi connectivity index (χ3v) is 10.6. The molecule has 0 aliphatic heterocycles. The van der Waals surface area contributed by atoms with E-state index in [1.165, 1.54) is 96.3 Å². The lowest BCUT2D eigenvalue weighted by Gasteiger charge is -2.34. The van der Waals surface area contributed by atoms with E-state index in [1.807, 2.05) is 0 Å². The second-order valence-electron chi connectivity index (χ2n) is 17.3. The lowest BCUT2D eigenvalue weighted by Crippen LogP contribution is -2.55. The molecule has 0 bridgehead atoms. The second kappa shape index (κ2) is 42.7. The van der Waals surface area contributed by atoms with Crippen molar-refractivity contribution < 1.29 is 38.2 Å². The maximum absolute atomic E-state index is 12.7. The molecule has 0 fully saturated rings. The molecule has 0 spiro atoms. The Hall–Kier alpha value is -2.97. The number of quaternary nitrogens is 1. The van der Waals surface area contributed by atoms with Gasteiger partial charge in [-0.15, -0.1) is 0 Å². The first-order chi connectivity index (χ1) is 29.1. The van der Waals surface area contributed by atoms with Crippen LogP contribution in [-0.4, -0.2) is 75.5 Å². The number of likely N-dealkylation sites (N-methyl/N-ethyl adjacent to an activating group) is 1. The smallest absolute Gasteiger partial charge is 0.306 e. The van der Waals surface area contributed by atoms with Crippen LogP contribution in [0.25, 0.3) is 0 Å². The molecule has 8 heteroatoms. The quantitative estimate of drug-likeness (QED) is 0.0261. The van der Waals surface area contributed by atoms with Gasteiger partial charge in [-0.2, -0.15) is 0 Å². The van der Waals surface area contributed by atoms with Gasteiger partial charge in [-0.1, -0.05) is 164 Å². The molecule has 0 amide bonds. The van der Waals surface area contributed by atoms with Crippen LogP contribution < -0.4 is 5.11 Å². The molecule has 8 nitrogen and oxygen atoms in total. The monoisotopic (exact) mass is 842 g/mol. The number of ether oxygens (including phenoxy) is 3. The molecular formula is C52H91NO7. The molecule has 0 aromatic heterocycles. The Balaban J connectivity index is 4.32. The molecule has 0 aromatic rings. The summed E-state index contributed by atoms with van der Waals surface area (Å²) in [5, 5.41) is 11.6. The number of hydrogen-bond donors (Lipinski definition) is 0. The van der Waals surface area contributed by atoms with Crippen molar-refractivity contribution in [3.05, 3.63) is 60.8 Å². The summed E-state index contributed by atoms with van der Waals surface area (Å²) in [6, 6.07) is -0.735. The van der Waals surface area contributed by atoms with E-state index in [-0.39, 0.29) is 49.1 Å². The number of carboxylic acids is 1. The molecule has 0 aliphatic carbocycles. The Labute approximate surface area is 368 Å². The standard InChI is InChI=1S/C52H91NO7/c1-6-8-10-12-14-16-18-20-22-24-25-26-27-29-30-32-34-36-38-40-42-50(54)59-47-48(46-58-45-44-49(52(56)57)53(3,4)5)60-51(55)43-41-39-37-35-33-31-28-23-21-19-17-15-13-11-9-7-2/h9,11,15,17,21,23,25-26,31,33,48-49H,6-8,10,12-14,16,18-20,22,24,27-30,32,34-47H2,1-5H3/b11-9+,17-15+,23-21+,26-25+,33-31+. The number of rotatable bonds is 43. The van der Waals surface area contributed by atoms with Gasteiger partial charge in [-0.25, -0.2) is 0 Å². The summed E-state index contributed by atoms with van der Waals surface area (Å²) in [7, 11) is 5.39. The van der Waals surface area contributed by atoms with Crippen molar-refractivity contribution in [2.75, 3.05) is 41.0 Å². The molecule has 2 unspecified atom stereocenters. The number of hydrogen-bond acceptors (Lipinski definition) is 7. The van der Waals surface area contributed by atoms with Crippen LogP contribution >= 0.6 is 0 Å². The number of carboxylic acid groups (broad SMARTS) is 1. The second-order valence-corrected chi connectivity index (χ2v) is 17.3. The largest absolute Gasteiger partial charge is 0.544 e. The Kier molecular flexibility index (Phi) is 40.6. The average molecular weight is 842 g/mol. The van der Waals surface area contributed by atoms with Gasteiger partial charge in [0.1, 0.15) is 12.6 Å². The summed E-state index contributed by atoms with van der Waals surface area (Å²) in [4.78, 5) is 36.9. The fraction of sp³-hybridized carbons (Fsp3) is 0.750. The molecular weight excluding hydrogens is 751 g/mol. The van der Waals surface area contributed by atoms with E-state index in [0.717, 1.165) is 64.2 Å². The van der Waals surface area contributed by atoms with Crippen LogP contribution in [-0.2, 0) is 28.6 Å². The molecule has 0 aliphatic rings. The highest BCUT2D eigenvalue weighted by Gasteiger charge is 2.25. The fourth-order valence-corrected chi connectivity index (χ4v) is 6.88. The number of allylic oxidation sites excluding steroid dienone is 10. The summed E-state index contributed by atoms with van der Waals surface area (Å²) in [6.07, 6.45) is 52.5. The van der Waals surface area contributed by atoms with Crippen molar-refractivity contribution in [3.8, 4) is 0 Å². The minimum Gasteiger partial charge on any atom is -0.544 e. The molecule has 346 valence electrons. The van der Waals surface area contributed by atoms with Gasteiger partial charge in [-0.05, 0) is 77.0 Å². The topological polar surface area (TPSA) is 102 Å². The van der Waals surface area contributed by atoms with Gasteiger partial charge in [0.05, 0.1) is 40.3 Å². The third kappa shape index (κ3) is 40.4. The van der Waals surface area contributed by atoms with Crippen LogP contribution in [0.1, 0.15) is 200 Å². The van der Waals surface area contributed by atoms with Crippen molar-refractivity contribution >= 4 is 17.9 Å². The molecule has 0 saturated carbocycles. The highest BCUT2D eigenvalue weighted by molar-refractivity contribution is 5.70. The van der Waals surface area contributed by atoms with Gasteiger partial charge in [0.25, 0.3) is 0 Å². The van der Waals surface area contributed by atoms with Gasteiger partial charge >= 0.3 is 11.9 Å². The lowest BCUT2D eigenvalue weighted by atomic mass is 10.1. The van der Waals surface area contributed by atoms with Crippen LogP contribution in [0.2, 0.25) is 0 Å². The van der Waals surface area contributed by atoms with E-state index >= 15 is 0 Å².